The van der Waals surface area contributed by atoms with Crippen LogP contribution in [0.1, 0.15) is 6.42 Å². The van der Waals surface area contributed by atoms with Crippen LogP contribution in [0.3, 0.4) is 0 Å². The molecule has 0 amide bonds. The predicted octanol–water partition coefficient (Wildman–Crippen LogP) is 5.36. The topological polar surface area (TPSA) is 73.1 Å². The van der Waals surface area contributed by atoms with Gasteiger partial charge in [0.05, 0.1) is 10.6 Å². The molecule has 2 heterocycles. The lowest BCUT2D eigenvalue weighted by Crippen LogP contribution is -2.06. The summed E-state index contributed by atoms with van der Waals surface area (Å²) in [6, 6.07) is 8.45. The summed E-state index contributed by atoms with van der Waals surface area (Å²) in [6.45, 7) is 0. The third-order valence-electron chi connectivity index (χ3n) is 3.44. The largest absolute Gasteiger partial charge is 0.356 e. The number of hydrogen-bond acceptors (Lipinski definition) is 6. The zero-order valence-electron chi connectivity index (χ0n) is 13.3. The molecule has 11 heteroatoms. The first kappa shape index (κ1) is 19.6. The van der Waals surface area contributed by atoms with Crippen molar-refractivity contribution in [3.05, 3.63) is 53.5 Å². The molecule has 0 fully saturated rings. The van der Waals surface area contributed by atoms with Gasteiger partial charge >= 0.3 is 6.08 Å². The fourth-order valence-electron chi connectivity index (χ4n) is 2.07. The van der Waals surface area contributed by atoms with E-state index in [2.05, 4.69) is 10.1 Å². The van der Waals surface area contributed by atoms with Crippen LogP contribution in [0.25, 0.3) is 21.9 Å². The van der Waals surface area contributed by atoms with Crippen molar-refractivity contribution in [3.63, 3.8) is 0 Å². The summed E-state index contributed by atoms with van der Waals surface area (Å²) in [4.78, 5) is 4.19. The number of thiazole rings is 1. The highest BCUT2D eigenvalue weighted by Gasteiger charge is 2.22. The monoisotopic (exact) mass is 434 g/mol. The van der Waals surface area contributed by atoms with Crippen LogP contribution in [-0.4, -0.2) is 24.3 Å². The SMILES string of the molecule is O=S(=O)(CCC(F)=C(F)F)c1ncc(-c2cc(-c3ccc(Cl)cc3)on2)s1. The van der Waals surface area contributed by atoms with Gasteiger partial charge in [0.2, 0.25) is 14.2 Å². The molecule has 27 heavy (non-hydrogen) atoms. The van der Waals surface area contributed by atoms with Gasteiger partial charge in [-0.05, 0) is 24.3 Å². The molecule has 1 aromatic carbocycles. The molecule has 0 saturated heterocycles. The Morgan fingerprint density at radius 2 is 1.89 bits per heavy atom. The second-order valence-corrected chi connectivity index (χ2v) is 9.06. The molecular weight excluding hydrogens is 425 g/mol. The van der Waals surface area contributed by atoms with E-state index in [1.165, 1.54) is 6.20 Å². The molecule has 3 aromatic rings. The fraction of sp³-hybridized carbons (Fsp3) is 0.125. The van der Waals surface area contributed by atoms with E-state index in [0.29, 0.717) is 21.4 Å². The highest BCUT2D eigenvalue weighted by Crippen LogP contribution is 2.32. The highest BCUT2D eigenvalue weighted by atomic mass is 35.5. The number of sulfone groups is 1. The van der Waals surface area contributed by atoms with Crippen molar-refractivity contribution < 1.29 is 26.1 Å². The molecule has 5 nitrogen and oxygen atoms in total. The Balaban J connectivity index is 1.80. The van der Waals surface area contributed by atoms with E-state index in [1.807, 2.05) is 0 Å². The minimum atomic E-state index is -4.00. The maximum absolute atomic E-state index is 12.8. The summed E-state index contributed by atoms with van der Waals surface area (Å²) in [5.74, 6) is -2.11. The van der Waals surface area contributed by atoms with Gasteiger partial charge < -0.3 is 4.52 Å². The first-order valence-corrected chi connectivity index (χ1v) is 10.2. The van der Waals surface area contributed by atoms with Gasteiger partial charge in [0.25, 0.3) is 0 Å². The van der Waals surface area contributed by atoms with Crippen LogP contribution in [0.2, 0.25) is 5.02 Å². The highest BCUT2D eigenvalue weighted by molar-refractivity contribution is 7.93. The fourth-order valence-corrected chi connectivity index (χ4v) is 4.66. The number of nitrogens with zero attached hydrogens (tertiary/aromatic N) is 2. The minimum Gasteiger partial charge on any atom is -0.356 e. The van der Waals surface area contributed by atoms with Crippen molar-refractivity contribution in [2.45, 2.75) is 10.8 Å². The molecule has 0 radical (unpaired) electrons. The molecule has 0 unspecified atom stereocenters. The standard InChI is InChI=1S/C16H10ClF3N2O3S2/c17-10-3-1-9(2-4-10)13-7-12(22-25-13)14-8-21-16(26-14)27(23,24)6-5-11(18)15(19)20/h1-4,7-8H,5-6H2. The summed E-state index contributed by atoms with van der Waals surface area (Å²) >= 11 is 6.63. The van der Waals surface area contributed by atoms with Crippen molar-refractivity contribution in [1.29, 1.82) is 0 Å². The third-order valence-corrected chi connectivity index (χ3v) is 6.89. The van der Waals surface area contributed by atoms with Crippen molar-refractivity contribution in [1.82, 2.24) is 10.1 Å². The molecule has 0 aliphatic rings. The average Bonchev–Trinajstić information content (AvgIpc) is 3.29. The number of aromatic nitrogens is 2. The van der Waals surface area contributed by atoms with Crippen molar-refractivity contribution in [2.24, 2.45) is 0 Å². The summed E-state index contributed by atoms with van der Waals surface area (Å²) in [7, 11) is -4.00. The van der Waals surface area contributed by atoms with E-state index in [-0.39, 0.29) is 4.34 Å². The smallest absolute Gasteiger partial charge is 0.301 e. The van der Waals surface area contributed by atoms with Crippen LogP contribution in [-0.2, 0) is 9.84 Å². The van der Waals surface area contributed by atoms with Gasteiger partial charge in [-0.2, -0.15) is 8.78 Å². The molecular formula is C16H10ClF3N2O3S2. The minimum absolute atomic E-state index is 0.305. The van der Waals surface area contributed by atoms with Crippen molar-refractivity contribution in [2.75, 3.05) is 5.75 Å². The first-order valence-electron chi connectivity index (χ1n) is 7.37. The molecule has 0 bridgehead atoms. The van der Waals surface area contributed by atoms with E-state index >= 15 is 0 Å². The zero-order chi connectivity index (χ0) is 19.6. The number of rotatable bonds is 6. The summed E-state index contributed by atoms with van der Waals surface area (Å²) < 4.78 is 66.2. The Labute approximate surface area is 161 Å². The van der Waals surface area contributed by atoms with Crippen LogP contribution in [0, 0.1) is 0 Å². The van der Waals surface area contributed by atoms with Gasteiger partial charge in [0, 0.05) is 29.3 Å². The van der Waals surface area contributed by atoms with Gasteiger partial charge in [-0.15, -0.1) is 11.3 Å². The normalized spacial score (nSPS) is 11.6. The van der Waals surface area contributed by atoms with Crippen molar-refractivity contribution >= 4 is 32.8 Å². The Morgan fingerprint density at radius 3 is 2.56 bits per heavy atom. The molecule has 0 spiro atoms. The van der Waals surface area contributed by atoms with Gasteiger partial charge in [-0.25, -0.2) is 17.8 Å². The van der Waals surface area contributed by atoms with Crippen LogP contribution in [0.5, 0.6) is 0 Å². The van der Waals surface area contributed by atoms with Gasteiger partial charge in [0.1, 0.15) is 5.69 Å². The zero-order valence-corrected chi connectivity index (χ0v) is 15.7. The second-order valence-electron chi connectivity index (χ2n) is 5.31. The summed E-state index contributed by atoms with van der Waals surface area (Å²) in [5.41, 5.74) is 1.09. The lowest BCUT2D eigenvalue weighted by atomic mass is 10.1. The van der Waals surface area contributed by atoms with Crippen LogP contribution >= 0.6 is 22.9 Å². The Morgan fingerprint density at radius 1 is 1.19 bits per heavy atom. The molecule has 0 aliphatic carbocycles. The van der Waals surface area contributed by atoms with Crippen molar-refractivity contribution in [3.8, 4) is 21.9 Å². The number of hydrogen-bond donors (Lipinski definition) is 0. The van der Waals surface area contributed by atoms with Crippen LogP contribution in [0.4, 0.5) is 13.2 Å². The molecule has 0 atom stereocenters. The van der Waals surface area contributed by atoms with E-state index in [4.69, 9.17) is 16.1 Å². The Kier molecular flexibility index (Phi) is 5.68. The van der Waals surface area contributed by atoms with Gasteiger partial charge in [-0.3, -0.25) is 0 Å². The quantitative estimate of drug-likeness (QED) is 0.522. The molecule has 0 saturated carbocycles. The van der Waals surface area contributed by atoms with Crippen LogP contribution in [0.15, 0.2) is 57.3 Å². The molecule has 142 valence electrons. The first-order chi connectivity index (χ1) is 12.8. The average molecular weight is 435 g/mol. The predicted molar refractivity (Wildman–Crippen MR) is 95.1 cm³/mol. The molecule has 2 aromatic heterocycles. The van der Waals surface area contributed by atoms with Crippen LogP contribution < -0.4 is 0 Å². The Hall–Kier alpha value is -2.17. The number of benzene rings is 1. The van der Waals surface area contributed by atoms with E-state index in [9.17, 15) is 21.6 Å². The van der Waals surface area contributed by atoms with E-state index in [0.717, 1.165) is 16.9 Å². The van der Waals surface area contributed by atoms with E-state index in [1.54, 1.807) is 30.3 Å². The molecule has 3 rings (SSSR count). The summed E-state index contributed by atoms with van der Waals surface area (Å²) in [6.07, 6.45) is -2.16. The van der Waals surface area contributed by atoms with E-state index < -0.39 is 33.9 Å². The third kappa shape index (κ3) is 4.57. The number of halogens is 4. The lowest BCUT2D eigenvalue weighted by molar-refractivity contribution is 0.373. The maximum Gasteiger partial charge on any atom is 0.301 e. The van der Waals surface area contributed by atoms with Gasteiger partial charge in [0.15, 0.2) is 11.6 Å². The molecule has 0 N–H and O–H groups in total. The lowest BCUT2D eigenvalue weighted by Gasteiger charge is -1.98. The molecule has 0 aliphatic heterocycles. The van der Waals surface area contributed by atoms with Gasteiger partial charge in [-0.1, -0.05) is 16.8 Å². The summed E-state index contributed by atoms with van der Waals surface area (Å²) in [5, 5.41) is 4.44. The Bertz CT molecular complexity index is 1090. The maximum atomic E-state index is 12.8. The second kappa shape index (κ2) is 7.83. The number of allylic oxidation sites excluding steroid dienone is 1.